The van der Waals surface area contributed by atoms with Crippen LogP contribution in [0, 0.1) is 0 Å². The maximum atomic E-state index is 6.44. The van der Waals surface area contributed by atoms with Crippen molar-refractivity contribution in [3.8, 4) is 39.4 Å². The van der Waals surface area contributed by atoms with E-state index in [-0.39, 0.29) is 10.8 Å². The lowest BCUT2D eigenvalue weighted by molar-refractivity contribution is 0.332. The van der Waals surface area contributed by atoms with Gasteiger partial charge in [-0.3, -0.25) is 0 Å². The van der Waals surface area contributed by atoms with Crippen LogP contribution in [-0.2, 0) is 10.8 Å². The third kappa shape index (κ3) is 5.03. The molecule has 1 aliphatic carbocycles. The first-order valence-electron chi connectivity index (χ1n) is 19.8. The molecular weight excluding hydrogens is 681 g/mol. The number of nitrogens with one attached hydrogen (secondary N) is 1. The van der Waals surface area contributed by atoms with Gasteiger partial charge in [0.05, 0.1) is 5.52 Å². The Morgan fingerprint density at radius 3 is 2.14 bits per heavy atom. The maximum absolute atomic E-state index is 6.44. The zero-order valence-electron chi connectivity index (χ0n) is 32.2. The number of benzene rings is 7. The van der Waals surface area contributed by atoms with Gasteiger partial charge < -0.3 is 14.3 Å². The van der Waals surface area contributed by atoms with Crippen LogP contribution in [0.15, 0.2) is 150 Å². The van der Waals surface area contributed by atoms with Crippen molar-refractivity contribution in [1.29, 1.82) is 0 Å². The quantitative estimate of drug-likeness (QED) is 0.180. The normalized spacial score (nSPS) is 15.1. The molecule has 5 heteroatoms. The summed E-state index contributed by atoms with van der Waals surface area (Å²) < 4.78 is 8.91. The van der Waals surface area contributed by atoms with Crippen LogP contribution < -0.4 is 16.2 Å². The molecule has 0 atom stereocenters. The molecule has 1 radical (unpaired) electrons. The van der Waals surface area contributed by atoms with Crippen molar-refractivity contribution < 1.29 is 4.42 Å². The topological polar surface area (TPSA) is 43.0 Å². The van der Waals surface area contributed by atoms with Crippen LogP contribution in [0.2, 0.25) is 0 Å². The molecule has 0 fully saturated rings. The number of anilines is 2. The fourth-order valence-corrected chi connectivity index (χ4v) is 9.45. The molecule has 2 aliphatic rings. The molecule has 7 aromatic carbocycles. The number of hydrogen-bond donors (Lipinski definition) is 1. The Bertz CT molecular complexity index is 3030. The molecular formula is C51H41BN3O. The Kier molecular flexibility index (Phi) is 7.13. The highest BCUT2D eigenvalue weighted by molar-refractivity contribution is 6.74. The summed E-state index contributed by atoms with van der Waals surface area (Å²) in [5.41, 5.74) is 18.5. The van der Waals surface area contributed by atoms with Gasteiger partial charge in [-0.15, -0.1) is 0 Å². The van der Waals surface area contributed by atoms with Crippen molar-refractivity contribution in [1.82, 2.24) is 9.55 Å². The number of nitrogens with zero attached hydrogens (tertiary/aromatic N) is 2. The van der Waals surface area contributed by atoms with Gasteiger partial charge in [-0.25, -0.2) is 4.98 Å². The summed E-state index contributed by atoms with van der Waals surface area (Å²) in [7, 11) is 2.37. The van der Waals surface area contributed by atoms with Gasteiger partial charge >= 0.3 is 0 Å². The van der Waals surface area contributed by atoms with E-state index in [1.807, 2.05) is 30.3 Å². The number of para-hydroxylation sites is 2. The van der Waals surface area contributed by atoms with Gasteiger partial charge in [0.25, 0.3) is 0 Å². The van der Waals surface area contributed by atoms with Crippen LogP contribution in [0.1, 0.15) is 51.7 Å². The average molecular weight is 723 g/mol. The Labute approximate surface area is 328 Å². The minimum Gasteiger partial charge on any atom is -0.436 e. The monoisotopic (exact) mass is 722 g/mol. The molecule has 56 heavy (non-hydrogen) atoms. The summed E-state index contributed by atoms with van der Waals surface area (Å²) in [6.07, 6.45) is 2.38. The van der Waals surface area contributed by atoms with E-state index in [9.17, 15) is 0 Å². The summed E-state index contributed by atoms with van der Waals surface area (Å²) in [5.74, 6) is 0.629. The second kappa shape index (κ2) is 12.1. The second-order valence-corrected chi connectivity index (χ2v) is 16.9. The van der Waals surface area contributed by atoms with E-state index in [1.54, 1.807) is 0 Å². The Morgan fingerprint density at radius 2 is 1.34 bits per heavy atom. The first kappa shape index (κ1) is 33.0. The molecule has 0 spiro atoms. The summed E-state index contributed by atoms with van der Waals surface area (Å²) in [6.45, 7) is 9.56. The van der Waals surface area contributed by atoms with Gasteiger partial charge in [0, 0.05) is 44.5 Å². The van der Waals surface area contributed by atoms with Crippen molar-refractivity contribution in [3.63, 3.8) is 0 Å². The average Bonchev–Trinajstić information content (AvgIpc) is 3.80. The molecule has 11 rings (SSSR count). The fourth-order valence-electron chi connectivity index (χ4n) is 9.45. The first-order valence-corrected chi connectivity index (χ1v) is 19.8. The van der Waals surface area contributed by atoms with Crippen molar-refractivity contribution in [2.24, 2.45) is 0 Å². The number of fused-ring (bicyclic) bond motifs is 7. The largest absolute Gasteiger partial charge is 0.436 e. The highest BCUT2D eigenvalue weighted by Crippen LogP contribution is 2.47. The lowest BCUT2D eigenvalue weighted by Crippen LogP contribution is -2.37. The van der Waals surface area contributed by atoms with Crippen LogP contribution in [0.3, 0.4) is 0 Å². The molecule has 269 valence electrons. The fraction of sp³-hybridized carbons (Fsp3) is 0.157. The highest BCUT2D eigenvalue weighted by atomic mass is 16.3. The van der Waals surface area contributed by atoms with Crippen LogP contribution in [0.5, 0.6) is 0 Å². The summed E-state index contributed by atoms with van der Waals surface area (Å²) in [6, 6.07) is 52.4. The molecule has 0 amide bonds. The van der Waals surface area contributed by atoms with Crippen molar-refractivity contribution in [3.05, 3.63) is 157 Å². The Hall–Kier alpha value is -6.33. The van der Waals surface area contributed by atoms with Crippen LogP contribution in [0.25, 0.3) is 72.3 Å². The molecule has 0 bridgehead atoms. The van der Waals surface area contributed by atoms with Gasteiger partial charge in [-0.2, -0.15) is 0 Å². The van der Waals surface area contributed by atoms with Gasteiger partial charge in [0.15, 0.2) is 12.9 Å². The molecule has 9 aromatic rings. The van der Waals surface area contributed by atoms with Gasteiger partial charge in [-0.1, -0.05) is 124 Å². The lowest BCUT2D eigenvalue weighted by atomic mass is 9.58. The van der Waals surface area contributed by atoms with Crippen LogP contribution in [0.4, 0.5) is 11.4 Å². The van der Waals surface area contributed by atoms with Gasteiger partial charge in [0.2, 0.25) is 5.89 Å². The molecule has 4 nitrogen and oxygen atoms in total. The zero-order valence-corrected chi connectivity index (χ0v) is 32.2. The van der Waals surface area contributed by atoms with E-state index in [0.29, 0.717) is 5.89 Å². The first-order chi connectivity index (χ1) is 27.2. The van der Waals surface area contributed by atoms with Crippen molar-refractivity contribution in [2.75, 3.05) is 5.32 Å². The number of rotatable bonds is 5. The lowest BCUT2D eigenvalue weighted by Gasteiger charge is -2.42. The minimum atomic E-state index is 0.119. The molecule has 2 aromatic heterocycles. The predicted molar refractivity (Wildman–Crippen MR) is 235 cm³/mol. The van der Waals surface area contributed by atoms with E-state index in [1.165, 1.54) is 67.9 Å². The highest BCUT2D eigenvalue weighted by Gasteiger charge is 2.37. The molecule has 1 N–H and O–H groups in total. The molecule has 0 unspecified atom stereocenters. The SMILES string of the molecule is CC1(C)CCC(C)(C)c2cc(Nc3ccccc3-c3cc(-c4ccccc4)c4c5ccccc5n5c4c3[B]c3cc4oc(-c6ccccc6)nc4cc3-5)ccc21. The Morgan fingerprint density at radius 1 is 0.643 bits per heavy atom. The van der Waals surface area contributed by atoms with E-state index < -0.39 is 0 Å². The third-order valence-corrected chi connectivity index (χ3v) is 12.5. The number of aromatic nitrogens is 2. The van der Waals surface area contributed by atoms with Gasteiger partial charge in [-0.05, 0) is 112 Å². The standard InChI is InChI=1S/C51H41BN3O/c1-50(2)25-26-51(3,4)39-27-33(23-24-38(39)50)53-41-21-13-11-19-34(41)37-28-36(31-15-7-5-8-16-31)46-35-20-12-14-22-43(35)55-44-30-42-45(29-40(44)52-47(37)48(46)55)56-49(54-42)32-17-9-6-10-18-32/h5-24,27-30,53H,25-26H2,1-4H3. The van der Waals surface area contributed by atoms with E-state index in [4.69, 9.17) is 9.40 Å². The van der Waals surface area contributed by atoms with Gasteiger partial charge in [0.1, 0.15) is 5.52 Å². The van der Waals surface area contributed by atoms with Crippen LogP contribution >= 0.6 is 0 Å². The molecule has 0 saturated carbocycles. The van der Waals surface area contributed by atoms with Crippen molar-refractivity contribution in [2.45, 2.75) is 51.4 Å². The zero-order chi connectivity index (χ0) is 37.8. The summed E-state index contributed by atoms with van der Waals surface area (Å²) in [5, 5.41) is 6.40. The maximum Gasteiger partial charge on any atom is 0.227 e. The molecule has 0 saturated heterocycles. The van der Waals surface area contributed by atoms with E-state index >= 15 is 0 Å². The summed E-state index contributed by atoms with van der Waals surface area (Å²) in [4.78, 5) is 5.00. The number of oxazole rings is 1. The molecule has 1 aliphatic heterocycles. The van der Waals surface area contributed by atoms with Crippen molar-refractivity contribution >= 4 is 62.5 Å². The second-order valence-electron chi connectivity index (χ2n) is 16.9. The van der Waals surface area contributed by atoms with Crippen LogP contribution in [-0.4, -0.2) is 16.8 Å². The number of hydrogen-bond acceptors (Lipinski definition) is 3. The minimum absolute atomic E-state index is 0.119. The third-order valence-electron chi connectivity index (χ3n) is 12.5. The Balaban J connectivity index is 1.15. The van der Waals surface area contributed by atoms with E-state index in [2.05, 4.69) is 160 Å². The van der Waals surface area contributed by atoms with E-state index in [0.717, 1.165) is 44.8 Å². The molecule has 3 heterocycles. The summed E-state index contributed by atoms with van der Waals surface area (Å²) >= 11 is 0. The smallest absolute Gasteiger partial charge is 0.227 e. The predicted octanol–water partition coefficient (Wildman–Crippen LogP) is 12.0.